The molecule has 1 N–H and O–H groups in total. The second kappa shape index (κ2) is 3.74. The molecular weight excluding hydrogens is 268 g/mol. The Morgan fingerprint density at radius 1 is 1.19 bits per heavy atom. The van der Waals surface area contributed by atoms with Crippen molar-refractivity contribution in [1.29, 1.82) is 0 Å². The van der Waals surface area contributed by atoms with E-state index in [1.165, 1.54) is 0 Å². The van der Waals surface area contributed by atoms with Gasteiger partial charge >= 0.3 is 6.18 Å². The van der Waals surface area contributed by atoms with Crippen LogP contribution in [0.2, 0.25) is 5.15 Å². The number of hydrogen-bond donors (Lipinski definition) is 1. The zero-order valence-electron chi connectivity index (χ0n) is 7.44. The maximum Gasteiger partial charge on any atom is 0.434 e. The SMILES string of the molecule is FC(F)(F)c1[nH]nc2c(Cl)nc(CCl)nc12. The van der Waals surface area contributed by atoms with E-state index in [1.807, 2.05) is 5.10 Å². The van der Waals surface area contributed by atoms with Crippen LogP contribution in [0, 0.1) is 0 Å². The quantitative estimate of drug-likeness (QED) is 0.640. The summed E-state index contributed by atoms with van der Waals surface area (Å²) >= 11 is 11.1. The van der Waals surface area contributed by atoms with Crippen molar-refractivity contribution in [3.8, 4) is 0 Å². The molecule has 0 radical (unpaired) electrons. The van der Waals surface area contributed by atoms with Crippen molar-refractivity contribution in [2.24, 2.45) is 0 Å². The lowest BCUT2D eigenvalue weighted by Gasteiger charge is -2.03. The third-order valence-corrected chi connectivity index (χ3v) is 2.31. The van der Waals surface area contributed by atoms with E-state index in [4.69, 9.17) is 23.2 Å². The van der Waals surface area contributed by atoms with E-state index in [-0.39, 0.29) is 27.9 Å². The Bertz CT molecular complexity index is 536. The molecule has 0 aliphatic heterocycles. The second-order valence-corrected chi connectivity index (χ2v) is 3.48. The average molecular weight is 271 g/mol. The van der Waals surface area contributed by atoms with Gasteiger partial charge in [0.2, 0.25) is 0 Å². The van der Waals surface area contributed by atoms with Crippen LogP contribution >= 0.6 is 23.2 Å². The van der Waals surface area contributed by atoms with Crippen molar-refractivity contribution >= 4 is 34.2 Å². The van der Waals surface area contributed by atoms with Crippen LogP contribution in [-0.4, -0.2) is 20.2 Å². The number of halogens is 5. The molecule has 0 spiro atoms. The van der Waals surface area contributed by atoms with Crippen molar-refractivity contribution in [3.63, 3.8) is 0 Å². The molecule has 2 heterocycles. The summed E-state index contributed by atoms with van der Waals surface area (Å²) in [5, 5.41) is 5.10. The molecule has 2 aromatic heterocycles. The van der Waals surface area contributed by atoms with Gasteiger partial charge in [0.1, 0.15) is 16.9 Å². The molecule has 4 nitrogen and oxygen atoms in total. The van der Waals surface area contributed by atoms with E-state index in [1.54, 1.807) is 0 Å². The molecule has 0 fully saturated rings. The molecule has 0 saturated heterocycles. The number of aromatic amines is 1. The van der Waals surface area contributed by atoms with Crippen molar-refractivity contribution < 1.29 is 13.2 Å². The molecule has 2 aromatic rings. The largest absolute Gasteiger partial charge is 0.434 e. The van der Waals surface area contributed by atoms with Gasteiger partial charge in [-0.15, -0.1) is 11.6 Å². The highest BCUT2D eigenvalue weighted by Crippen LogP contribution is 2.33. The van der Waals surface area contributed by atoms with Gasteiger partial charge in [-0.3, -0.25) is 5.10 Å². The lowest BCUT2D eigenvalue weighted by Crippen LogP contribution is -2.07. The fourth-order valence-electron chi connectivity index (χ4n) is 1.17. The Labute approximate surface area is 96.8 Å². The zero-order chi connectivity index (χ0) is 11.9. The van der Waals surface area contributed by atoms with Gasteiger partial charge in [0.25, 0.3) is 0 Å². The highest BCUT2D eigenvalue weighted by molar-refractivity contribution is 6.33. The first-order chi connectivity index (χ1) is 7.43. The molecule has 0 aromatic carbocycles. The fourth-order valence-corrected chi connectivity index (χ4v) is 1.52. The standard InChI is InChI=1S/C7H3Cl2F3N4/c8-1-2-13-3-4(6(9)14-2)15-16-5(3)7(10,11)12/h1H2,(H,15,16). The van der Waals surface area contributed by atoms with Crippen molar-refractivity contribution in [2.75, 3.05) is 0 Å². The molecule has 16 heavy (non-hydrogen) atoms. The van der Waals surface area contributed by atoms with Gasteiger partial charge in [-0.05, 0) is 0 Å². The highest BCUT2D eigenvalue weighted by Gasteiger charge is 2.36. The molecule has 9 heteroatoms. The van der Waals surface area contributed by atoms with Crippen LogP contribution in [0.1, 0.15) is 11.5 Å². The summed E-state index contributed by atoms with van der Waals surface area (Å²) in [4.78, 5) is 7.33. The molecule has 0 saturated carbocycles. The maximum atomic E-state index is 12.5. The van der Waals surface area contributed by atoms with Crippen molar-refractivity contribution in [2.45, 2.75) is 12.1 Å². The summed E-state index contributed by atoms with van der Waals surface area (Å²) in [6.07, 6.45) is -4.57. The highest BCUT2D eigenvalue weighted by atomic mass is 35.5. The lowest BCUT2D eigenvalue weighted by molar-refractivity contribution is -0.140. The normalized spacial score (nSPS) is 12.3. The molecule has 0 bridgehead atoms. The number of alkyl halides is 4. The number of aromatic nitrogens is 4. The minimum Gasteiger partial charge on any atom is -0.271 e. The van der Waals surface area contributed by atoms with Gasteiger partial charge < -0.3 is 0 Å². The van der Waals surface area contributed by atoms with Crippen molar-refractivity contribution in [3.05, 3.63) is 16.7 Å². The van der Waals surface area contributed by atoms with Crippen LogP contribution in [-0.2, 0) is 12.1 Å². The van der Waals surface area contributed by atoms with Gasteiger partial charge in [0.15, 0.2) is 10.8 Å². The number of nitrogens with one attached hydrogen (secondary N) is 1. The van der Waals surface area contributed by atoms with Gasteiger partial charge in [-0.2, -0.15) is 18.3 Å². The third-order valence-electron chi connectivity index (χ3n) is 1.81. The Morgan fingerprint density at radius 3 is 2.44 bits per heavy atom. The predicted molar refractivity (Wildman–Crippen MR) is 51.3 cm³/mol. The third kappa shape index (κ3) is 1.80. The maximum absolute atomic E-state index is 12.5. The Hall–Kier alpha value is -1.08. The number of rotatable bonds is 1. The first-order valence-corrected chi connectivity index (χ1v) is 4.88. The number of hydrogen-bond acceptors (Lipinski definition) is 3. The minimum atomic E-state index is -4.57. The van der Waals surface area contributed by atoms with Gasteiger partial charge in [-0.1, -0.05) is 11.6 Å². The molecule has 0 unspecified atom stereocenters. The number of nitrogens with zero attached hydrogens (tertiary/aromatic N) is 3. The minimum absolute atomic E-state index is 0.0195. The Balaban J connectivity index is 2.75. The van der Waals surface area contributed by atoms with Gasteiger partial charge in [0, 0.05) is 0 Å². The molecular formula is C7H3Cl2F3N4. The summed E-state index contributed by atoms with van der Waals surface area (Å²) in [5.41, 5.74) is -1.55. The smallest absolute Gasteiger partial charge is 0.271 e. The molecule has 0 aliphatic carbocycles. The first kappa shape index (κ1) is 11.4. The van der Waals surface area contributed by atoms with Crippen LogP contribution in [0.4, 0.5) is 13.2 Å². The van der Waals surface area contributed by atoms with Crippen LogP contribution in [0.25, 0.3) is 11.0 Å². The molecule has 2 rings (SSSR count). The first-order valence-electron chi connectivity index (χ1n) is 3.97. The Morgan fingerprint density at radius 2 is 1.88 bits per heavy atom. The summed E-state index contributed by atoms with van der Waals surface area (Å²) in [5.74, 6) is -0.107. The molecule has 0 amide bonds. The molecule has 0 atom stereocenters. The monoisotopic (exact) mass is 270 g/mol. The van der Waals surface area contributed by atoms with Crippen LogP contribution < -0.4 is 0 Å². The van der Waals surface area contributed by atoms with Crippen LogP contribution in [0.5, 0.6) is 0 Å². The fraction of sp³-hybridized carbons (Fsp3) is 0.286. The average Bonchev–Trinajstić information content (AvgIpc) is 2.60. The number of H-pyrrole nitrogens is 1. The second-order valence-electron chi connectivity index (χ2n) is 2.86. The van der Waals surface area contributed by atoms with E-state index in [9.17, 15) is 13.2 Å². The molecule has 86 valence electrons. The predicted octanol–water partition coefficient (Wildman–Crippen LogP) is 2.76. The van der Waals surface area contributed by atoms with E-state index in [0.717, 1.165) is 0 Å². The number of fused-ring (bicyclic) bond motifs is 1. The summed E-state index contributed by atoms with van der Waals surface area (Å²) < 4.78 is 37.5. The van der Waals surface area contributed by atoms with Gasteiger partial charge in [0.05, 0.1) is 5.88 Å². The topological polar surface area (TPSA) is 54.5 Å². The van der Waals surface area contributed by atoms with Crippen LogP contribution in [0.3, 0.4) is 0 Å². The van der Waals surface area contributed by atoms with E-state index >= 15 is 0 Å². The van der Waals surface area contributed by atoms with Crippen LogP contribution in [0.15, 0.2) is 0 Å². The van der Waals surface area contributed by atoms with Crippen molar-refractivity contribution in [1.82, 2.24) is 20.2 Å². The Kier molecular flexibility index (Phi) is 2.67. The summed E-state index contributed by atoms with van der Waals surface area (Å²) in [6.45, 7) is 0. The van der Waals surface area contributed by atoms with E-state index < -0.39 is 11.9 Å². The lowest BCUT2D eigenvalue weighted by atomic mass is 10.3. The van der Waals surface area contributed by atoms with E-state index in [0.29, 0.717) is 0 Å². The summed E-state index contributed by atoms with van der Waals surface area (Å²) in [7, 11) is 0. The zero-order valence-corrected chi connectivity index (χ0v) is 8.95. The summed E-state index contributed by atoms with van der Waals surface area (Å²) in [6, 6.07) is 0. The van der Waals surface area contributed by atoms with E-state index in [2.05, 4.69) is 15.1 Å². The molecule has 0 aliphatic rings. The van der Waals surface area contributed by atoms with Gasteiger partial charge in [-0.25, -0.2) is 9.97 Å².